The fraction of sp³-hybridized carbons (Fsp3) is 0.458. The number of fused-ring (bicyclic) bond motifs is 2. The van der Waals surface area contributed by atoms with Crippen LogP contribution in [0.25, 0.3) is 22.2 Å². The number of aromatic nitrogens is 2. The summed E-state index contributed by atoms with van der Waals surface area (Å²) >= 11 is 0. The molecule has 0 saturated carbocycles. The van der Waals surface area contributed by atoms with Crippen LogP contribution in [0.5, 0.6) is 0 Å². The van der Waals surface area contributed by atoms with Crippen molar-refractivity contribution in [2.45, 2.75) is 57.9 Å². The molecule has 3 aromatic rings. The van der Waals surface area contributed by atoms with E-state index in [9.17, 15) is 4.79 Å². The summed E-state index contributed by atoms with van der Waals surface area (Å²) in [5.74, 6) is 1.07. The lowest BCUT2D eigenvalue weighted by Gasteiger charge is -2.23. The Labute approximate surface area is 166 Å². The summed E-state index contributed by atoms with van der Waals surface area (Å²) in [5.41, 5.74) is 7.80. The maximum atomic E-state index is 12.3. The van der Waals surface area contributed by atoms with Crippen LogP contribution in [0.4, 0.5) is 0 Å². The highest BCUT2D eigenvalue weighted by molar-refractivity contribution is 5.92. The Morgan fingerprint density at radius 2 is 1.93 bits per heavy atom. The monoisotopic (exact) mass is 375 g/mol. The number of nitrogens with one attached hydrogen (secondary N) is 2. The van der Waals surface area contributed by atoms with Gasteiger partial charge in [-0.15, -0.1) is 0 Å². The molecule has 146 valence electrons. The molecule has 28 heavy (non-hydrogen) atoms. The van der Waals surface area contributed by atoms with Crippen LogP contribution in [0.2, 0.25) is 0 Å². The number of pyridine rings is 1. The molecule has 0 atom stereocenters. The molecule has 2 N–H and O–H groups in total. The average molecular weight is 376 g/mol. The van der Waals surface area contributed by atoms with Crippen molar-refractivity contribution in [1.82, 2.24) is 14.9 Å². The molecule has 0 spiro atoms. The van der Waals surface area contributed by atoms with Gasteiger partial charge in [0.15, 0.2) is 0 Å². The maximum absolute atomic E-state index is 12.3. The minimum atomic E-state index is 0.131. The van der Waals surface area contributed by atoms with Crippen molar-refractivity contribution in [3.8, 4) is 11.3 Å². The molecular weight excluding hydrogens is 346 g/mol. The molecule has 1 fully saturated rings. The lowest BCUT2D eigenvalue weighted by molar-refractivity contribution is 0.460. The van der Waals surface area contributed by atoms with Crippen molar-refractivity contribution in [3.63, 3.8) is 0 Å². The number of hydrogen-bond acceptors (Lipinski definition) is 2. The second-order valence-corrected chi connectivity index (χ2v) is 8.68. The van der Waals surface area contributed by atoms with Crippen LogP contribution in [0.3, 0.4) is 0 Å². The third-order valence-corrected chi connectivity index (χ3v) is 6.61. The van der Waals surface area contributed by atoms with Crippen LogP contribution in [0, 0.1) is 0 Å². The number of hydrogen-bond donors (Lipinski definition) is 2. The molecular formula is C24H29N3O. The zero-order valence-electron chi connectivity index (χ0n) is 16.8. The predicted molar refractivity (Wildman–Crippen MR) is 115 cm³/mol. The number of rotatable bonds is 3. The molecule has 0 unspecified atom stereocenters. The van der Waals surface area contributed by atoms with Crippen LogP contribution < -0.4 is 10.9 Å². The highest BCUT2D eigenvalue weighted by Crippen LogP contribution is 2.39. The Balaban J connectivity index is 1.68. The minimum absolute atomic E-state index is 0.131. The first kappa shape index (κ1) is 17.7. The van der Waals surface area contributed by atoms with Gasteiger partial charge < -0.3 is 14.9 Å². The lowest BCUT2D eigenvalue weighted by Crippen LogP contribution is -2.26. The SMILES string of the molecule is CC(C)c1c(-c2ccc(=O)n3c2CCC3)[nH]c2cc(C3CCNCC3)ccc12. The Morgan fingerprint density at radius 1 is 1.11 bits per heavy atom. The summed E-state index contributed by atoms with van der Waals surface area (Å²) in [7, 11) is 0. The largest absolute Gasteiger partial charge is 0.354 e. The summed E-state index contributed by atoms with van der Waals surface area (Å²) in [6.45, 7) is 7.60. The van der Waals surface area contributed by atoms with E-state index in [2.05, 4.69) is 42.3 Å². The van der Waals surface area contributed by atoms with Crippen molar-refractivity contribution < 1.29 is 0 Å². The number of nitrogens with zero attached hydrogens (tertiary/aromatic N) is 1. The van der Waals surface area contributed by atoms with E-state index in [0.29, 0.717) is 11.8 Å². The van der Waals surface area contributed by atoms with Gasteiger partial charge in [0, 0.05) is 34.8 Å². The molecule has 1 saturated heterocycles. The summed E-state index contributed by atoms with van der Waals surface area (Å²) in [4.78, 5) is 16.0. The summed E-state index contributed by atoms with van der Waals surface area (Å²) < 4.78 is 1.96. The zero-order valence-corrected chi connectivity index (χ0v) is 16.8. The molecule has 0 bridgehead atoms. The Kier molecular flexibility index (Phi) is 4.39. The van der Waals surface area contributed by atoms with Crippen molar-refractivity contribution in [1.29, 1.82) is 0 Å². The first-order valence-corrected chi connectivity index (χ1v) is 10.7. The number of H-pyrrole nitrogens is 1. The second kappa shape index (κ2) is 6.93. The van der Waals surface area contributed by atoms with E-state index in [1.54, 1.807) is 6.07 Å². The molecule has 2 aliphatic heterocycles. The van der Waals surface area contributed by atoms with E-state index in [0.717, 1.165) is 32.5 Å². The quantitative estimate of drug-likeness (QED) is 0.706. The molecule has 5 rings (SSSR count). The van der Waals surface area contributed by atoms with E-state index in [1.807, 2.05) is 10.6 Å². The summed E-state index contributed by atoms with van der Waals surface area (Å²) in [5, 5.41) is 4.79. The van der Waals surface area contributed by atoms with Crippen LogP contribution in [0.1, 0.15) is 61.8 Å². The van der Waals surface area contributed by atoms with Gasteiger partial charge in [-0.05, 0) is 73.9 Å². The van der Waals surface area contributed by atoms with E-state index < -0.39 is 0 Å². The highest BCUT2D eigenvalue weighted by Gasteiger charge is 2.23. The van der Waals surface area contributed by atoms with E-state index in [4.69, 9.17) is 0 Å². The van der Waals surface area contributed by atoms with Gasteiger partial charge in [0.2, 0.25) is 0 Å². The molecule has 0 amide bonds. The minimum Gasteiger partial charge on any atom is -0.354 e. The Morgan fingerprint density at radius 3 is 2.71 bits per heavy atom. The molecule has 2 aliphatic rings. The molecule has 0 aliphatic carbocycles. The zero-order chi connectivity index (χ0) is 19.3. The third kappa shape index (κ3) is 2.82. The van der Waals surface area contributed by atoms with E-state index >= 15 is 0 Å². The topological polar surface area (TPSA) is 49.8 Å². The van der Waals surface area contributed by atoms with Crippen molar-refractivity contribution in [2.24, 2.45) is 0 Å². The van der Waals surface area contributed by atoms with E-state index in [1.165, 1.54) is 51.8 Å². The van der Waals surface area contributed by atoms with Crippen LogP contribution in [-0.2, 0) is 13.0 Å². The molecule has 1 aromatic carbocycles. The van der Waals surface area contributed by atoms with Gasteiger partial charge in [-0.3, -0.25) is 4.79 Å². The highest BCUT2D eigenvalue weighted by atomic mass is 16.1. The fourth-order valence-electron chi connectivity index (χ4n) is 5.22. The number of benzene rings is 1. The van der Waals surface area contributed by atoms with Crippen LogP contribution in [-0.4, -0.2) is 22.6 Å². The maximum Gasteiger partial charge on any atom is 0.250 e. The van der Waals surface area contributed by atoms with Gasteiger partial charge in [-0.1, -0.05) is 26.0 Å². The third-order valence-electron chi connectivity index (χ3n) is 6.61. The van der Waals surface area contributed by atoms with Gasteiger partial charge in [0.25, 0.3) is 5.56 Å². The number of aromatic amines is 1. The molecule has 2 aromatic heterocycles. The normalized spacial score (nSPS) is 17.5. The van der Waals surface area contributed by atoms with Gasteiger partial charge >= 0.3 is 0 Å². The fourth-order valence-corrected chi connectivity index (χ4v) is 5.22. The number of piperidine rings is 1. The smallest absolute Gasteiger partial charge is 0.250 e. The average Bonchev–Trinajstić information content (AvgIpc) is 3.34. The van der Waals surface area contributed by atoms with E-state index in [-0.39, 0.29) is 5.56 Å². The van der Waals surface area contributed by atoms with Gasteiger partial charge in [0.05, 0.1) is 5.69 Å². The van der Waals surface area contributed by atoms with Crippen LogP contribution in [0.15, 0.2) is 35.1 Å². The van der Waals surface area contributed by atoms with Crippen molar-refractivity contribution in [3.05, 3.63) is 57.5 Å². The van der Waals surface area contributed by atoms with Crippen molar-refractivity contribution >= 4 is 10.9 Å². The first-order chi connectivity index (χ1) is 13.6. The Hall–Kier alpha value is -2.33. The second-order valence-electron chi connectivity index (χ2n) is 8.68. The molecule has 4 nitrogen and oxygen atoms in total. The van der Waals surface area contributed by atoms with Crippen LogP contribution >= 0.6 is 0 Å². The molecule has 4 heteroatoms. The summed E-state index contributed by atoms with van der Waals surface area (Å²) in [6, 6.07) is 10.8. The molecule has 0 radical (unpaired) electrons. The van der Waals surface area contributed by atoms with Gasteiger partial charge in [-0.2, -0.15) is 0 Å². The predicted octanol–water partition coefficient (Wildman–Crippen LogP) is 4.53. The summed E-state index contributed by atoms with van der Waals surface area (Å²) in [6.07, 6.45) is 4.47. The molecule has 4 heterocycles. The Bertz CT molecular complexity index is 1080. The lowest BCUT2D eigenvalue weighted by atomic mass is 9.89. The standard InChI is InChI=1S/C24H29N3O/c1-15(2)23-18-6-5-17(16-9-11-25-12-10-16)14-20(18)26-24(23)19-7-8-22(28)27-13-3-4-21(19)27/h5-8,14-16,25-26H,3-4,9-13H2,1-2H3. The van der Waals surface area contributed by atoms with Crippen molar-refractivity contribution in [2.75, 3.05) is 13.1 Å². The first-order valence-electron chi connectivity index (χ1n) is 10.7. The van der Waals surface area contributed by atoms with Gasteiger partial charge in [-0.25, -0.2) is 0 Å². The van der Waals surface area contributed by atoms with Gasteiger partial charge in [0.1, 0.15) is 0 Å².